The fourth-order valence-electron chi connectivity index (χ4n) is 4.19. The van der Waals surface area contributed by atoms with Crippen LogP contribution in [0.1, 0.15) is 38.5 Å². The summed E-state index contributed by atoms with van der Waals surface area (Å²) in [7, 11) is 0. The van der Waals surface area contributed by atoms with Gasteiger partial charge in [0.05, 0.1) is 0 Å². The first-order chi connectivity index (χ1) is 7.92. The smallest absolute Gasteiger partial charge is 0.00176 e. The van der Waals surface area contributed by atoms with Gasteiger partial charge in [-0.05, 0) is 82.0 Å². The molecule has 3 fully saturated rings. The molecule has 0 amide bonds. The second-order valence-corrected chi connectivity index (χ2v) is 6.29. The van der Waals surface area contributed by atoms with Crippen molar-refractivity contribution in [1.82, 2.24) is 10.6 Å². The van der Waals surface area contributed by atoms with E-state index < -0.39 is 0 Å². The molecule has 0 aromatic heterocycles. The van der Waals surface area contributed by atoms with Gasteiger partial charge in [0, 0.05) is 0 Å². The van der Waals surface area contributed by atoms with Gasteiger partial charge in [-0.3, -0.25) is 0 Å². The lowest BCUT2D eigenvalue weighted by molar-refractivity contribution is 0.296. The summed E-state index contributed by atoms with van der Waals surface area (Å²) in [5, 5.41) is 7.19. The average molecular weight is 222 g/mol. The SMILES string of the molecule is C1CC(CNCC2CC3CCC2C3)CCN1. The highest BCUT2D eigenvalue weighted by atomic mass is 14.9. The van der Waals surface area contributed by atoms with Crippen molar-refractivity contribution in [3.8, 4) is 0 Å². The quantitative estimate of drug-likeness (QED) is 0.760. The second kappa shape index (κ2) is 5.05. The molecule has 2 saturated carbocycles. The summed E-state index contributed by atoms with van der Waals surface area (Å²) in [5.74, 6) is 4.17. The summed E-state index contributed by atoms with van der Waals surface area (Å²) < 4.78 is 0. The highest BCUT2D eigenvalue weighted by Crippen LogP contribution is 2.47. The Hall–Kier alpha value is -0.0800. The molecular weight excluding hydrogens is 196 g/mol. The normalized spacial score (nSPS) is 39.4. The van der Waals surface area contributed by atoms with Crippen molar-refractivity contribution in [2.75, 3.05) is 26.2 Å². The molecule has 3 atom stereocenters. The van der Waals surface area contributed by atoms with E-state index in [0.29, 0.717) is 0 Å². The van der Waals surface area contributed by atoms with Gasteiger partial charge in [0.1, 0.15) is 0 Å². The minimum Gasteiger partial charge on any atom is -0.317 e. The van der Waals surface area contributed by atoms with Crippen molar-refractivity contribution in [2.24, 2.45) is 23.7 Å². The molecule has 1 aliphatic heterocycles. The van der Waals surface area contributed by atoms with E-state index in [1.54, 1.807) is 6.42 Å². The zero-order valence-electron chi connectivity index (χ0n) is 10.4. The highest BCUT2D eigenvalue weighted by Gasteiger charge is 2.38. The van der Waals surface area contributed by atoms with Crippen LogP contribution in [0, 0.1) is 23.7 Å². The first-order valence-electron chi connectivity index (χ1n) is 7.33. The number of hydrogen-bond acceptors (Lipinski definition) is 2. The molecule has 2 N–H and O–H groups in total. The zero-order valence-corrected chi connectivity index (χ0v) is 10.4. The van der Waals surface area contributed by atoms with E-state index in [-0.39, 0.29) is 0 Å². The van der Waals surface area contributed by atoms with E-state index >= 15 is 0 Å². The molecule has 3 rings (SSSR count). The van der Waals surface area contributed by atoms with Crippen LogP contribution in [0.4, 0.5) is 0 Å². The molecule has 3 unspecified atom stereocenters. The Labute approximate surface area is 99.6 Å². The van der Waals surface area contributed by atoms with E-state index in [2.05, 4.69) is 10.6 Å². The zero-order chi connectivity index (χ0) is 10.8. The van der Waals surface area contributed by atoms with Gasteiger partial charge in [-0.15, -0.1) is 0 Å². The van der Waals surface area contributed by atoms with E-state index in [4.69, 9.17) is 0 Å². The Morgan fingerprint density at radius 3 is 2.50 bits per heavy atom. The summed E-state index contributed by atoms with van der Waals surface area (Å²) in [6.07, 6.45) is 8.91. The van der Waals surface area contributed by atoms with E-state index in [0.717, 1.165) is 23.7 Å². The predicted molar refractivity (Wildman–Crippen MR) is 67.4 cm³/mol. The summed E-state index contributed by atoms with van der Waals surface area (Å²) in [4.78, 5) is 0. The molecule has 2 bridgehead atoms. The molecule has 1 saturated heterocycles. The molecule has 0 aromatic rings. The molecule has 16 heavy (non-hydrogen) atoms. The number of fused-ring (bicyclic) bond motifs is 2. The van der Waals surface area contributed by atoms with Crippen LogP contribution in [0.25, 0.3) is 0 Å². The van der Waals surface area contributed by atoms with Crippen LogP contribution in [0.5, 0.6) is 0 Å². The van der Waals surface area contributed by atoms with Crippen molar-refractivity contribution in [1.29, 1.82) is 0 Å². The lowest BCUT2D eigenvalue weighted by Gasteiger charge is -2.26. The molecule has 2 nitrogen and oxygen atoms in total. The molecule has 0 radical (unpaired) electrons. The number of hydrogen-bond donors (Lipinski definition) is 2. The molecule has 1 heterocycles. The lowest BCUT2D eigenvalue weighted by atomic mass is 9.88. The molecule has 2 aliphatic carbocycles. The van der Waals surface area contributed by atoms with Crippen molar-refractivity contribution in [2.45, 2.75) is 38.5 Å². The maximum atomic E-state index is 3.75. The first kappa shape index (κ1) is 11.0. The van der Waals surface area contributed by atoms with Crippen LogP contribution in [0.2, 0.25) is 0 Å². The third-order valence-corrected chi connectivity index (χ3v) is 5.18. The van der Waals surface area contributed by atoms with Crippen LogP contribution in [0.15, 0.2) is 0 Å². The average Bonchev–Trinajstić information content (AvgIpc) is 2.92. The molecule has 0 spiro atoms. The lowest BCUT2D eigenvalue weighted by Crippen LogP contribution is -2.36. The Kier molecular flexibility index (Phi) is 3.49. The Morgan fingerprint density at radius 2 is 1.81 bits per heavy atom. The van der Waals surface area contributed by atoms with Crippen molar-refractivity contribution < 1.29 is 0 Å². The van der Waals surface area contributed by atoms with Gasteiger partial charge in [-0.2, -0.15) is 0 Å². The highest BCUT2D eigenvalue weighted by molar-refractivity contribution is 4.90. The van der Waals surface area contributed by atoms with Crippen LogP contribution < -0.4 is 10.6 Å². The third kappa shape index (κ3) is 2.43. The number of rotatable bonds is 4. The second-order valence-electron chi connectivity index (χ2n) is 6.29. The van der Waals surface area contributed by atoms with E-state index in [1.165, 1.54) is 58.3 Å². The maximum absolute atomic E-state index is 3.75. The van der Waals surface area contributed by atoms with Gasteiger partial charge >= 0.3 is 0 Å². The minimum absolute atomic E-state index is 0.944. The van der Waals surface area contributed by atoms with Crippen molar-refractivity contribution in [3.63, 3.8) is 0 Å². The standard InChI is InChI=1S/C14H26N2/c1-2-13-7-12(1)8-14(13)10-16-9-11-3-5-15-6-4-11/h11-16H,1-10H2. The predicted octanol–water partition coefficient (Wildman–Crippen LogP) is 2.01. The largest absolute Gasteiger partial charge is 0.317 e. The monoisotopic (exact) mass is 222 g/mol. The fourth-order valence-corrected chi connectivity index (χ4v) is 4.19. The minimum atomic E-state index is 0.944. The molecule has 0 aromatic carbocycles. The molecular formula is C14H26N2. The van der Waals surface area contributed by atoms with Crippen LogP contribution in [0.3, 0.4) is 0 Å². The summed E-state index contributed by atoms with van der Waals surface area (Å²) >= 11 is 0. The Balaban J connectivity index is 1.34. The number of piperidine rings is 1. The van der Waals surface area contributed by atoms with Crippen LogP contribution in [-0.4, -0.2) is 26.2 Å². The summed E-state index contributed by atoms with van der Waals surface area (Å²) in [5.41, 5.74) is 0. The van der Waals surface area contributed by atoms with Gasteiger partial charge in [0.2, 0.25) is 0 Å². The molecule has 3 aliphatic rings. The van der Waals surface area contributed by atoms with Gasteiger partial charge in [0.25, 0.3) is 0 Å². The van der Waals surface area contributed by atoms with Crippen molar-refractivity contribution >= 4 is 0 Å². The van der Waals surface area contributed by atoms with E-state index in [9.17, 15) is 0 Å². The fraction of sp³-hybridized carbons (Fsp3) is 1.00. The van der Waals surface area contributed by atoms with Crippen LogP contribution in [-0.2, 0) is 0 Å². The van der Waals surface area contributed by atoms with Crippen LogP contribution >= 0.6 is 0 Å². The van der Waals surface area contributed by atoms with Gasteiger partial charge < -0.3 is 10.6 Å². The first-order valence-corrected chi connectivity index (χ1v) is 7.33. The van der Waals surface area contributed by atoms with E-state index in [1.807, 2.05) is 0 Å². The third-order valence-electron chi connectivity index (χ3n) is 5.18. The maximum Gasteiger partial charge on any atom is -0.00176 e. The number of nitrogens with one attached hydrogen (secondary N) is 2. The van der Waals surface area contributed by atoms with Gasteiger partial charge in [-0.1, -0.05) is 6.42 Å². The Bertz CT molecular complexity index is 223. The molecule has 2 heteroatoms. The topological polar surface area (TPSA) is 24.1 Å². The van der Waals surface area contributed by atoms with Crippen molar-refractivity contribution in [3.05, 3.63) is 0 Å². The van der Waals surface area contributed by atoms with Gasteiger partial charge in [-0.25, -0.2) is 0 Å². The summed E-state index contributed by atoms with van der Waals surface area (Å²) in [6, 6.07) is 0. The molecule has 92 valence electrons. The van der Waals surface area contributed by atoms with Gasteiger partial charge in [0.15, 0.2) is 0 Å². The summed E-state index contributed by atoms with van der Waals surface area (Å²) in [6.45, 7) is 5.06. The Morgan fingerprint density at radius 1 is 0.938 bits per heavy atom.